The standard InChI is InChI=1S/C17H16ClO3/c1-10-6-11-7-12(18)8-15(17(11)21-10)14-5-4-13(19-2)9-16(14)20-3/h4-5,7-10H,1,6H2,2-3H3. The SMILES string of the molecule is [CH2]C1Cc2cc(Cl)cc(-c3ccc(OC)cc3OC)c2O1. The van der Waals surface area contributed by atoms with Gasteiger partial charge in [0.05, 0.1) is 14.2 Å². The van der Waals surface area contributed by atoms with Crippen molar-refractivity contribution < 1.29 is 14.2 Å². The van der Waals surface area contributed by atoms with E-state index in [0.717, 1.165) is 40.4 Å². The van der Waals surface area contributed by atoms with Gasteiger partial charge < -0.3 is 14.2 Å². The lowest BCUT2D eigenvalue weighted by molar-refractivity contribution is 0.282. The largest absolute Gasteiger partial charge is 0.497 e. The minimum Gasteiger partial charge on any atom is -0.497 e. The van der Waals surface area contributed by atoms with Gasteiger partial charge in [0.15, 0.2) is 0 Å². The van der Waals surface area contributed by atoms with Gasteiger partial charge in [-0.15, -0.1) is 0 Å². The van der Waals surface area contributed by atoms with Crippen molar-refractivity contribution in [2.24, 2.45) is 0 Å². The topological polar surface area (TPSA) is 27.7 Å². The third-order valence-electron chi connectivity index (χ3n) is 3.56. The molecule has 2 aromatic carbocycles. The molecule has 0 bridgehead atoms. The Balaban J connectivity index is 2.18. The highest BCUT2D eigenvalue weighted by molar-refractivity contribution is 6.31. The molecule has 3 nitrogen and oxygen atoms in total. The van der Waals surface area contributed by atoms with E-state index in [-0.39, 0.29) is 6.10 Å². The number of methoxy groups -OCH3 is 2. The van der Waals surface area contributed by atoms with Crippen LogP contribution < -0.4 is 14.2 Å². The number of hydrogen-bond donors (Lipinski definition) is 0. The van der Waals surface area contributed by atoms with Crippen LogP contribution in [0.1, 0.15) is 5.56 Å². The zero-order valence-electron chi connectivity index (χ0n) is 12.0. The van der Waals surface area contributed by atoms with E-state index >= 15 is 0 Å². The number of hydrogen-bond acceptors (Lipinski definition) is 3. The Morgan fingerprint density at radius 1 is 1.14 bits per heavy atom. The minimum absolute atomic E-state index is 0.0820. The van der Waals surface area contributed by atoms with Crippen molar-refractivity contribution in [3.63, 3.8) is 0 Å². The number of halogens is 1. The molecule has 1 heterocycles. The van der Waals surface area contributed by atoms with E-state index in [2.05, 4.69) is 6.92 Å². The Hall–Kier alpha value is -1.87. The maximum absolute atomic E-state index is 6.24. The summed E-state index contributed by atoms with van der Waals surface area (Å²) in [4.78, 5) is 0. The molecule has 2 aromatic rings. The molecule has 0 saturated heterocycles. The second-order valence-electron chi connectivity index (χ2n) is 4.95. The third kappa shape index (κ3) is 2.54. The molecule has 0 amide bonds. The molecule has 0 aromatic heterocycles. The van der Waals surface area contributed by atoms with Gasteiger partial charge in [0.1, 0.15) is 23.4 Å². The lowest BCUT2D eigenvalue weighted by Crippen LogP contribution is -2.06. The predicted molar refractivity (Wildman–Crippen MR) is 83.5 cm³/mol. The molecule has 21 heavy (non-hydrogen) atoms. The lowest BCUT2D eigenvalue weighted by atomic mass is 9.99. The molecule has 1 atom stereocenters. The molecule has 0 N–H and O–H groups in total. The van der Waals surface area contributed by atoms with Gasteiger partial charge in [0.2, 0.25) is 0 Å². The van der Waals surface area contributed by atoms with Crippen LogP contribution in [0.25, 0.3) is 11.1 Å². The molecule has 0 fully saturated rings. The van der Waals surface area contributed by atoms with Crippen LogP contribution >= 0.6 is 11.6 Å². The van der Waals surface area contributed by atoms with Crippen molar-refractivity contribution in [1.29, 1.82) is 0 Å². The molecular formula is C17H16ClO3. The fraction of sp³-hybridized carbons (Fsp3) is 0.235. The van der Waals surface area contributed by atoms with Crippen LogP contribution in [-0.2, 0) is 6.42 Å². The third-order valence-corrected chi connectivity index (χ3v) is 3.78. The van der Waals surface area contributed by atoms with Gasteiger partial charge in [-0.2, -0.15) is 0 Å². The summed E-state index contributed by atoms with van der Waals surface area (Å²) in [6, 6.07) is 9.51. The first-order valence-electron chi connectivity index (χ1n) is 6.67. The van der Waals surface area contributed by atoms with Crippen LogP contribution in [-0.4, -0.2) is 20.3 Å². The summed E-state index contributed by atoms with van der Waals surface area (Å²) >= 11 is 6.24. The summed E-state index contributed by atoms with van der Waals surface area (Å²) in [5.41, 5.74) is 2.92. The molecular weight excluding hydrogens is 288 g/mol. The van der Waals surface area contributed by atoms with Crippen molar-refractivity contribution >= 4 is 11.6 Å². The molecule has 0 saturated carbocycles. The molecule has 1 aliphatic heterocycles. The average molecular weight is 304 g/mol. The molecule has 109 valence electrons. The Bertz CT molecular complexity index is 682. The normalized spacial score (nSPS) is 16.3. The summed E-state index contributed by atoms with van der Waals surface area (Å²) in [5, 5.41) is 0.680. The molecule has 0 aliphatic carbocycles. The Morgan fingerprint density at radius 2 is 1.95 bits per heavy atom. The van der Waals surface area contributed by atoms with Crippen LogP contribution in [0.3, 0.4) is 0 Å². The zero-order chi connectivity index (χ0) is 15.0. The van der Waals surface area contributed by atoms with E-state index in [1.54, 1.807) is 14.2 Å². The average Bonchev–Trinajstić information content (AvgIpc) is 2.85. The van der Waals surface area contributed by atoms with E-state index in [1.807, 2.05) is 30.3 Å². The highest BCUT2D eigenvalue weighted by Crippen LogP contribution is 2.44. The first-order chi connectivity index (χ1) is 10.1. The van der Waals surface area contributed by atoms with Crippen molar-refractivity contribution in [1.82, 2.24) is 0 Å². The van der Waals surface area contributed by atoms with Gasteiger partial charge in [-0.05, 0) is 36.8 Å². The first-order valence-corrected chi connectivity index (χ1v) is 7.04. The fourth-order valence-corrected chi connectivity index (χ4v) is 2.86. The van der Waals surface area contributed by atoms with Crippen LogP contribution in [0.5, 0.6) is 17.2 Å². The summed E-state index contributed by atoms with van der Waals surface area (Å²) in [6.07, 6.45) is 0.683. The van der Waals surface area contributed by atoms with Crippen LogP contribution in [0, 0.1) is 6.92 Å². The monoisotopic (exact) mass is 303 g/mol. The van der Waals surface area contributed by atoms with Gasteiger partial charge in [0, 0.05) is 28.6 Å². The number of fused-ring (bicyclic) bond motifs is 1. The first kappa shape index (κ1) is 14.1. The Kier molecular flexibility index (Phi) is 3.68. The second-order valence-corrected chi connectivity index (χ2v) is 5.39. The summed E-state index contributed by atoms with van der Waals surface area (Å²) in [5.74, 6) is 2.29. The van der Waals surface area contributed by atoms with E-state index in [1.165, 1.54) is 0 Å². The highest BCUT2D eigenvalue weighted by atomic mass is 35.5. The molecule has 3 rings (SSSR count). The van der Waals surface area contributed by atoms with Crippen LogP contribution in [0.4, 0.5) is 0 Å². The van der Waals surface area contributed by atoms with Crippen LogP contribution in [0.2, 0.25) is 5.02 Å². The second kappa shape index (κ2) is 5.49. The Labute approximate surface area is 129 Å². The highest BCUT2D eigenvalue weighted by Gasteiger charge is 2.25. The summed E-state index contributed by atoms with van der Waals surface area (Å²) in [7, 11) is 3.26. The van der Waals surface area contributed by atoms with Crippen molar-refractivity contribution in [3.05, 3.63) is 47.8 Å². The summed E-state index contributed by atoms with van der Waals surface area (Å²) in [6.45, 7) is 3.97. The van der Waals surface area contributed by atoms with Gasteiger partial charge in [0.25, 0.3) is 0 Å². The number of benzene rings is 2. The molecule has 1 unspecified atom stereocenters. The Morgan fingerprint density at radius 3 is 2.67 bits per heavy atom. The van der Waals surface area contributed by atoms with E-state index < -0.39 is 0 Å². The molecule has 0 spiro atoms. The number of ether oxygens (including phenoxy) is 3. The maximum atomic E-state index is 6.24. The zero-order valence-corrected chi connectivity index (χ0v) is 12.7. The summed E-state index contributed by atoms with van der Waals surface area (Å²) < 4.78 is 16.6. The lowest BCUT2D eigenvalue weighted by Gasteiger charge is -2.14. The van der Waals surface area contributed by atoms with Crippen molar-refractivity contribution in [2.75, 3.05) is 14.2 Å². The van der Waals surface area contributed by atoms with E-state index in [0.29, 0.717) is 5.02 Å². The minimum atomic E-state index is -0.0820. The van der Waals surface area contributed by atoms with Gasteiger partial charge in [-0.25, -0.2) is 0 Å². The van der Waals surface area contributed by atoms with Crippen molar-refractivity contribution in [2.45, 2.75) is 12.5 Å². The van der Waals surface area contributed by atoms with E-state index in [4.69, 9.17) is 25.8 Å². The molecule has 1 aliphatic rings. The van der Waals surface area contributed by atoms with E-state index in [9.17, 15) is 0 Å². The van der Waals surface area contributed by atoms with Gasteiger partial charge in [-0.1, -0.05) is 11.6 Å². The molecule has 4 heteroatoms. The van der Waals surface area contributed by atoms with Crippen molar-refractivity contribution in [3.8, 4) is 28.4 Å². The number of rotatable bonds is 3. The predicted octanol–water partition coefficient (Wildman–Crippen LogP) is 4.16. The molecule has 1 radical (unpaired) electrons. The quantitative estimate of drug-likeness (QED) is 0.852. The smallest absolute Gasteiger partial charge is 0.131 e. The fourth-order valence-electron chi connectivity index (χ4n) is 2.62. The maximum Gasteiger partial charge on any atom is 0.131 e. The van der Waals surface area contributed by atoms with Gasteiger partial charge in [-0.3, -0.25) is 0 Å². The van der Waals surface area contributed by atoms with Gasteiger partial charge >= 0.3 is 0 Å². The van der Waals surface area contributed by atoms with Crippen LogP contribution in [0.15, 0.2) is 30.3 Å².